The Labute approximate surface area is 130 Å². The average Bonchev–Trinajstić information content (AvgIpc) is 2.38. The number of halogens is 4. The van der Waals surface area contributed by atoms with Crippen molar-refractivity contribution in [2.24, 2.45) is 0 Å². The summed E-state index contributed by atoms with van der Waals surface area (Å²) in [6.07, 6.45) is 1.59. The van der Waals surface area contributed by atoms with Crippen LogP contribution < -0.4 is 0 Å². The molecule has 0 amide bonds. The van der Waals surface area contributed by atoms with Crippen molar-refractivity contribution < 1.29 is 0 Å². The highest BCUT2D eigenvalue weighted by molar-refractivity contribution is 6.42. The molecule has 0 saturated carbocycles. The topological polar surface area (TPSA) is 36.7 Å². The third-order valence-electron chi connectivity index (χ3n) is 2.52. The van der Waals surface area contributed by atoms with Crippen molar-refractivity contribution in [2.75, 3.05) is 0 Å². The highest BCUT2D eigenvalue weighted by Gasteiger charge is 2.14. The molecule has 0 unspecified atom stereocenters. The van der Waals surface area contributed by atoms with Crippen LogP contribution in [0.25, 0.3) is 11.3 Å². The van der Waals surface area contributed by atoms with Crippen LogP contribution in [-0.2, 0) is 6.42 Å². The summed E-state index contributed by atoms with van der Waals surface area (Å²) in [5, 5.41) is 10.4. The van der Waals surface area contributed by atoms with E-state index in [1.165, 1.54) is 6.20 Å². The number of aromatic nitrogens is 1. The SMILES string of the molecule is N#CCc1c(Cl)cnc(-c2ccc(Cl)c(Cl)c2)c1Cl. The van der Waals surface area contributed by atoms with Crippen molar-refractivity contribution >= 4 is 46.4 Å². The second-order valence-corrected chi connectivity index (χ2v) is 5.31. The molecule has 0 fully saturated rings. The van der Waals surface area contributed by atoms with Gasteiger partial charge in [0.15, 0.2) is 0 Å². The van der Waals surface area contributed by atoms with Gasteiger partial charge in [0.05, 0.1) is 38.3 Å². The molecular weight excluding hydrogens is 326 g/mol. The Morgan fingerprint density at radius 2 is 1.79 bits per heavy atom. The summed E-state index contributed by atoms with van der Waals surface area (Å²) in [7, 11) is 0. The molecule has 0 atom stereocenters. The first-order chi connectivity index (χ1) is 9.04. The van der Waals surface area contributed by atoms with Crippen LogP contribution in [0.15, 0.2) is 24.4 Å². The third-order valence-corrected chi connectivity index (χ3v) is 3.99. The Balaban J connectivity index is 2.60. The first-order valence-corrected chi connectivity index (χ1v) is 6.71. The molecule has 2 aromatic rings. The Hall–Kier alpha value is -0.980. The molecule has 6 heteroatoms. The van der Waals surface area contributed by atoms with E-state index in [9.17, 15) is 0 Å². The molecule has 0 aliphatic carbocycles. The number of hydrogen-bond acceptors (Lipinski definition) is 2. The highest BCUT2D eigenvalue weighted by atomic mass is 35.5. The Bertz CT molecular complexity index is 677. The van der Waals surface area contributed by atoms with E-state index < -0.39 is 0 Å². The molecular formula is C13H6Cl4N2. The van der Waals surface area contributed by atoms with Crippen LogP contribution in [0.5, 0.6) is 0 Å². The normalized spacial score (nSPS) is 10.3. The summed E-state index contributed by atoms with van der Waals surface area (Å²) in [5.41, 5.74) is 1.80. The Kier molecular flexibility index (Phi) is 4.54. The van der Waals surface area contributed by atoms with Gasteiger partial charge in [-0.1, -0.05) is 52.5 Å². The van der Waals surface area contributed by atoms with Gasteiger partial charge in [-0.05, 0) is 12.1 Å². The predicted molar refractivity (Wildman–Crippen MR) is 79.0 cm³/mol. The van der Waals surface area contributed by atoms with E-state index in [4.69, 9.17) is 51.7 Å². The van der Waals surface area contributed by atoms with Gasteiger partial charge in [-0.25, -0.2) is 0 Å². The van der Waals surface area contributed by atoms with Crippen molar-refractivity contribution in [3.8, 4) is 17.3 Å². The van der Waals surface area contributed by atoms with E-state index in [1.54, 1.807) is 18.2 Å². The van der Waals surface area contributed by atoms with E-state index in [-0.39, 0.29) is 6.42 Å². The number of nitriles is 1. The minimum absolute atomic E-state index is 0.120. The van der Waals surface area contributed by atoms with Gasteiger partial charge in [0.2, 0.25) is 0 Å². The molecule has 1 aromatic carbocycles. The second-order valence-electron chi connectivity index (χ2n) is 3.71. The zero-order valence-electron chi connectivity index (χ0n) is 9.42. The molecule has 96 valence electrons. The van der Waals surface area contributed by atoms with Crippen LogP contribution in [-0.4, -0.2) is 4.98 Å². The largest absolute Gasteiger partial charge is 0.253 e. The van der Waals surface area contributed by atoms with Crippen molar-refractivity contribution in [1.82, 2.24) is 4.98 Å². The number of benzene rings is 1. The minimum Gasteiger partial charge on any atom is -0.253 e. The van der Waals surface area contributed by atoms with Crippen LogP contribution >= 0.6 is 46.4 Å². The first kappa shape index (κ1) is 14.4. The van der Waals surface area contributed by atoms with Gasteiger partial charge >= 0.3 is 0 Å². The van der Waals surface area contributed by atoms with Crippen LogP contribution in [0.4, 0.5) is 0 Å². The molecule has 0 saturated heterocycles. The second kappa shape index (κ2) is 5.98. The molecule has 2 rings (SSSR count). The van der Waals surface area contributed by atoms with Crippen molar-refractivity contribution in [1.29, 1.82) is 5.26 Å². The molecule has 0 spiro atoms. The van der Waals surface area contributed by atoms with E-state index in [0.717, 1.165) is 5.56 Å². The van der Waals surface area contributed by atoms with Gasteiger partial charge in [0.1, 0.15) is 0 Å². The highest BCUT2D eigenvalue weighted by Crippen LogP contribution is 2.35. The summed E-state index contributed by atoms with van der Waals surface area (Å²) >= 11 is 24.1. The summed E-state index contributed by atoms with van der Waals surface area (Å²) in [6, 6.07) is 7.11. The number of rotatable bonds is 2. The lowest BCUT2D eigenvalue weighted by molar-refractivity contribution is 1.21. The van der Waals surface area contributed by atoms with Gasteiger partial charge < -0.3 is 0 Å². The zero-order valence-corrected chi connectivity index (χ0v) is 12.4. The molecule has 19 heavy (non-hydrogen) atoms. The van der Waals surface area contributed by atoms with Gasteiger partial charge in [0.25, 0.3) is 0 Å². The lowest BCUT2D eigenvalue weighted by Gasteiger charge is -2.09. The minimum atomic E-state index is 0.120. The number of pyridine rings is 1. The standard InChI is InChI=1S/C13H6Cl4N2/c14-9-2-1-7(5-10(9)15)13-12(17)8(3-4-18)11(16)6-19-13/h1-2,5-6H,3H2. The van der Waals surface area contributed by atoms with Gasteiger partial charge in [0, 0.05) is 17.3 Å². The summed E-state index contributed by atoms with van der Waals surface area (Å²) in [4.78, 5) is 4.19. The molecule has 0 bridgehead atoms. The van der Waals surface area contributed by atoms with Crippen molar-refractivity contribution in [3.05, 3.63) is 50.0 Å². The Morgan fingerprint density at radius 3 is 2.42 bits per heavy atom. The molecule has 0 aliphatic heterocycles. The predicted octanol–water partition coefficient (Wildman–Crippen LogP) is 5.43. The average molecular weight is 332 g/mol. The molecule has 0 aliphatic rings. The smallest absolute Gasteiger partial charge is 0.0892 e. The first-order valence-electron chi connectivity index (χ1n) is 5.20. The lowest BCUT2D eigenvalue weighted by atomic mass is 10.1. The fraction of sp³-hybridized carbons (Fsp3) is 0.0769. The Morgan fingerprint density at radius 1 is 1.05 bits per heavy atom. The van der Waals surface area contributed by atoms with Gasteiger partial charge in [-0.15, -0.1) is 0 Å². The van der Waals surface area contributed by atoms with E-state index >= 15 is 0 Å². The maximum absolute atomic E-state index is 8.78. The molecule has 2 nitrogen and oxygen atoms in total. The van der Waals surface area contributed by atoms with E-state index in [1.807, 2.05) is 6.07 Å². The quantitative estimate of drug-likeness (QED) is 0.735. The van der Waals surface area contributed by atoms with Gasteiger partial charge in [-0.3, -0.25) is 4.98 Å². The van der Waals surface area contributed by atoms with E-state index in [0.29, 0.717) is 31.3 Å². The summed E-state index contributed by atoms with van der Waals surface area (Å²) < 4.78 is 0. The third kappa shape index (κ3) is 2.96. The maximum Gasteiger partial charge on any atom is 0.0892 e. The molecule has 1 heterocycles. The maximum atomic E-state index is 8.78. The summed E-state index contributed by atoms with van der Waals surface area (Å²) in [5.74, 6) is 0. The van der Waals surface area contributed by atoms with Crippen LogP contribution in [0.2, 0.25) is 20.1 Å². The number of hydrogen-bond donors (Lipinski definition) is 0. The molecule has 0 N–H and O–H groups in total. The fourth-order valence-electron chi connectivity index (χ4n) is 1.59. The van der Waals surface area contributed by atoms with Crippen molar-refractivity contribution in [3.63, 3.8) is 0 Å². The molecule has 0 radical (unpaired) electrons. The van der Waals surface area contributed by atoms with Crippen LogP contribution in [0, 0.1) is 11.3 Å². The fourth-order valence-corrected chi connectivity index (χ4v) is 2.47. The zero-order chi connectivity index (χ0) is 14.0. The van der Waals surface area contributed by atoms with Crippen molar-refractivity contribution in [2.45, 2.75) is 6.42 Å². The van der Waals surface area contributed by atoms with Crippen LogP contribution in [0.1, 0.15) is 5.56 Å². The van der Waals surface area contributed by atoms with Gasteiger partial charge in [-0.2, -0.15) is 5.26 Å². The monoisotopic (exact) mass is 330 g/mol. The van der Waals surface area contributed by atoms with E-state index in [2.05, 4.69) is 4.98 Å². The number of nitrogens with zero attached hydrogens (tertiary/aromatic N) is 2. The summed E-state index contributed by atoms with van der Waals surface area (Å²) in [6.45, 7) is 0. The molecule has 1 aromatic heterocycles. The lowest BCUT2D eigenvalue weighted by Crippen LogP contribution is -1.93. The van der Waals surface area contributed by atoms with Crippen LogP contribution in [0.3, 0.4) is 0 Å².